The maximum atomic E-state index is 11.8. The monoisotopic (exact) mass is 404 g/mol. The molecule has 0 aliphatic heterocycles. The van der Waals surface area contributed by atoms with E-state index in [1.807, 2.05) is 25.8 Å². The molecule has 0 aliphatic carbocycles. The molecule has 9 heteroatoms. The lowest BCUT2D eigenvalue weighted by molar-refractivity contribution is -0.512. The molecule has 0 aromatic carbocycles. The van der Waals surface area contributed by atoms with Crippen molar-refractivity contribution < 1.29 is 33.9 Å². The van der Waals surface area contributed by atoms with Crippen molar-refractivity contribution in [2.75, 3.05) is 59.8 Å². The predicted molar refractivity (Wildman–Crippen MR) is 104 cm³/mol. The number of rotatable bonds is 20. The normalized spacial score (nSPS) is 11.8. The quantitative estimate of drug-likeness (QED) is 0.141. The van der Waals surface area contributed by atoms with Crippen LogP contribution in [0, 0.1) is 5.92 Å². The fourth-order valence-corrected chi connectivity index (χ4v) is 2.05. The first kappa shape index (κ1) is 26.5. The van der Waals surface area contributed by atoms with Crippen LogP contribution in [0.3, 0.4) is 0 Å². The maximum Gasteiger partial charge on any atom is 0.221 e. The van der Waals surface area contributed by atoms with Crippen LogP contribution in [0.2, 0.25) is 0 Å². The molecule has 0 aliphatic rings. The topological polar surface area (TPSA) is 95.6 Å². The summed E-state index contributed by atoms with van der Waals surface area (Å²) in [6.45, 7) is 11.4. The lowest BCUT2D eigenvalue weighted by Gasteiger charge is -2.25. The Labute approximate surface area is 168 Å². The smallest absolute Gasteiger partial charge is 0.221 e. The Kier molecular flexibility index (Phi) is 17.8. The molecular formula is C19H36N2O7. The Balaban J connectivity index is 3.46. The number of amides is 1. The van der Waals surface area contributed by atoms with Gasteiger partial charge in [-0.25, -0.2) is 9.78 Å². The average molecular weight is 405 g/mol. The number of hydrogen-bond acceptors (Lipinski definition) is 8. The summed E-state index contributed by atoms with van der Waals surface area (Å²) in [5.74, 6) is -0.0400. The van der Waals surface area contributed by atoms with Crippen molar-refractivity contribution in [1.29, 1.82) is 0 Å². The SMILES string of the molecule is C=C(C(C)CC=O)N(C)CCC(=O)NCCOOOCCOCCOCCC. The first-order valence-electron chi connectivity index (χ1n) is 9.69. The molecule has 0 spiro atoms. The molecule has 9 nitrogen and oxygen atoms in total. The molecule has 1 N–H and O–H groups in total. The van der Waals surface area contributed by atoms with Gasteiger partial charge in [-0.3, -0.25) is 4.79 Å². The van der Waals surface area contributed by atoms with Crippen LogP contribution in [0.4, 0.5) is 0 Å². The van der Waals surface area contributed by atoms with Crippen molar-refractivity contribution in [1.82, 2.24) is 10.2 Å². The van der Waals surface area contributed by atoms with Gasteiger partial charge in [-0.1, -0.05) is 25.5 Å². The lowest BCUT2D eigenvalue weighted by Crippen LogP contribution is -2.31. The van der Waals surface area contributed by atoms with Gasteiger partial charge in [-0.05, 0) is 6.42 Å². The first-order chi connectivity index (χ1) is 13.5. The van der Waals surface area contributed by atoms with E-state index in [1.54, 1.807) is 0 Å². The van der Waals surface area contributed by atoms with Gasteiger partial charge in [-0.2, -0.15) is 0 Å². The van der Waals surface area contributed by atoms with Gasteiger partial charge >= 0.3 is 0 Å². The Bertz CT molecular complexity index is 421. The molecule has 0 saturated heterocycles. The molecule has 0 heterocycles. The molecule has 1 unspecified atom stereocenters. The van der Waals surface area contributed by atoms with Crippen LogP contribution in [0.1, 0.15) is 33.1 Å². The molecule has 1 atom stereocenters. The van der Waals surface area contributed by atoms with E-state index in [2.05, 4.69) is 16.9 Å². The van der Waals surface area contributed by atoms with Gasteiger partial charge in [-0.15, -0.1) is 0 Å². The third-order valence-electron chi connectivity index (χ3n) is 3.82. The molecule has 0 fully saturated rings. The van der Waals surface area contributed by atoms with Gasteiger partial charge in [0.2, 0.25) is 5.91 Å². The minimum absolute atomic E-state index is 0.0656. The highest BCUT2D eigenvalue weighted by atomic mass is 17.5. The molecule has 164 valence electrons. The first-order valence-corrected chi connectivity index (χ1v) is 9.69. The number of nitrogens with one attached hydrogen (secondary N) is 1. The second kappa shape index (κ2) is 18.8. The van der Waals surface area contributed by atoms with E-state index in [1.165, 1.54) is 0 Å². The van der Waals surface area contributed by atoms with Crippen molar-refractivity contribution in [3.8, 4) is 0 Å². The zero-order chi connectivity index (χ0) is 21.0. The van der Waals surface area contributed by atoms with Gasteiger partial charge in [0.15, 0.2) is 0 Å². The van der Waals surface area contributed by atoms with Gasteiger partial charge in [0, 0.05) is 51.2 Å². The standard InChI is InChI=1S/C19H36N2O7/c1-5-11-24-13-14-25-15-16-27-28-26-12-8-20-19(23)6-9-21(4)18(3)17(2)7-10-22/h10,17H,3,5-9,11-16H2,1-2,4H3,(H,20,23). The predicted octanol–water partition coefficient (Wildman–Crippen LogP) is 1.49. The molecule has 0 bridgehead atoms. The van der Waals surface area contributed by atoms with Gasteiger partial charge in [0.25, 0.3) is 0 Å². The maximum absolute atomic E-state index is 11.8. The molecule has 0 radical (unpaired) electrons. The van der Waals surface area contributed by atoms with Gasteiger partial charge in [0.05, 0.1) is 19.8 Å². The van der Waals surface area contributed by atoms with E-state index in [9.17, 15) is 9.59 Å². The number of aldehydes is 1. The van der Waals surface area contributed by atoms with Crippen LogP contribution in [0.5, 0.6) is 0 Å². The molecule has 0 saturated carbocycles. The largest absolute Gasteiger partial charge is 0.379 e. The number of hydrogen-bond donors (Lipinski definition) is 1. The lowest BCUT2D eigenvalue weighted by atomic mass is 10.0. The highest BCUT2D eigenvalue weighted by Crippen LogP contribution is 2.14. The summed E-state index contributed by atoms with van der Waals surface area (Å²) in [6, 6.07) is 0. The highest BCUT2D eigenvalue weighted by Gasteiger charge is 2.12. The molecular weight excluding hydrogens is 368 g/mol. The number of carbonyl (C=O) groups is 2. The number of allylic oxidation sites excluding steroid dienone is 1. The Hall–Kier alpha value is -1.52. The van der Waals surface area contributed by atoms with Crippen molar-refractivity contribution in [3.05, 3.63) is 12.3 Å². The van der Waals surface area contributed by atoms with Crippen LogP contribution in [-0.4, -0.2) is 76.9 Å². The highest BCUT2D eigenvalue weighted by molar-refractivity contribution is 5.76. The van der Waals surface area contributed by atoms with Crippen molar-refractivity contribution in [2.24, 2.45) is 5.92 Å². The average Bonchev–Trinajstić information content (AvgIpc) is 2.69. The van der Waals surface area contributed by atoms with E-state index in [0.717, 1.165) is 25.0 Å². The molecule has 1 amide bonds. The van der Waals surface area contributed by atoms with Crippen molar-refractivity contribution in [3.63, 3.8) is 0 Å². The summed E-state index contributed by atoms with van der Waals surface area (Å²) in [6.07, 6.45) is 2.61. The summed E-state index contributed by atoms with van der Waals surface area (Å²) in [4.78, 5) is 33.8. The summed E-state index contributed by atoms with van der Waals surface area (Å²) < 4.78 is 10.5. The van der Waals surface area contributed by atoms with E-state index in [0.29, 0.717) is 45.8 Å². The van der Waals surface area contributed by atoms with Crippen LogP contribution >= 0.6 is 0 Å². The molecule has 0 rings (SSSR count). The minimum atomic E-state index is -0.106. The van der Waals surface area contributed by atoms with E-state index >= 15 is 0 Å². The van der Waals surface area contributed by atoms with E-state index < -0.39 is 0 Å². The number of carbonyl (C=O) groups excluding carboxylic acids is 2. The number of ether oxygens (including phenoxy) is 2. The third kappa shape index (κ3) is 15.5. The third-order valence-corrected chi connectivity index (χ3v) is 3.82. The second-order valence-electron chi connectivity index (χ2n) is 6.25. The van der Waals surface area contributed by atoms with Gasteiger partial charge < -0.3 is 24.5 Å². The minimum Gasteiger partial charge on any atom is -0.379 e. The van der Waals surface area contributed by atoms with E-state index in [-0.39, 0.29) is 25.0 Å². The Morgan fingerprint density at radius 3 is 2.43 bits per heavy atom. The Morgan fingerprint density at radius 1 is 1.11 bits per heavy atom. The zero-order valence-corrected chi connectivity index (χ0v) is 17.4. The molecule has 0 aromatic rings. The fourth-order valence-electron chi connectivity index (χ4n) is 2.05. The molecule has 0 aromatic heterocycles. The van der Waals surface area contributed by atoms with Crippen molar-refractivity contribution in [2.45, 2.75) is 33.1 Å². The van der Waals surface area contributed by atoms with Crippen LogP contribution in [-0.2, 0) is 33.9 Å². The van der Waals surface area contributed by atoms with Crippen LogP contribution in [0.25, 0.3) is 0 Å². The summed E-state index contributed by atoms with van der Waals surface area (Å²) in [7, 11) is 1.85. The molecule has 28 heavy (non-hydrogen) atoms. The fraction of sp³-hybridized carbons (Fsp3) is 0.789. The Morgan fingerprint density at radius 2 is 1.75 bits per heavy atom. The summed E-state index contributed by atoms with van der Waals surface area (Å²) in [5.41, 5.74) is 0.839. The number of nitrogens with zero attached hydrogens (tertiary/aromatic N) is 1. The van der Waals surface area contributed by atoms with Gasteiger partial charge in [0.1, 0.15) is 19.5 Å². The van der Waals surface area contributed by atoms with Crippen molar-refractivity contribution >= 4 is 12.2 Å². The zero-order valence-electron chi connectivity index (χ0n) is 17.4. The summed E-state index contributed by atoms with van der Waals surface area (Å²) in [5, 5.41) is 7.24. The van der Waals surface area contributed by atoms with E-state index in [4.69, 9.17) is 19.2 Å². The van der Waals surface area contributed by atoms with Crippen LogP contribution in [0.15, 0.2) is 12.3 Å². The second-order valence-corrected chi connectivity index (χ2v) is 6.25. The van der Waals surface area contributed by atoms with Crippen LogP contribution < -0.4 is 5.32 Å². The summed E-state index contributed by atoms with van der Waals surface area (Å²) >= 11 is 0.